The van der Waals surface area contributed by atoms with Gasteiger partial charge in [-0.15, -0.1) is 5.10 Å². The van der Waals surface area contributed by atoms with Crippen LogP contribution < -0.4 is 10.5 Å². The minimum Gasteiger partial charge on any atom is -0.484 e. The lowest BCUT2D eigenvalue weighted by Gasteiger charge is -2.15. The molecule has 0 radical (unpaired) electrons. The molecule has 0 aliphatic rings. The molecule has 6 nitrogen and oxygen atoms in total. The summed E-state index contributed by atoms with van der Waals surface area (Å²) in [5.74, 6) is -0.831. The summed E-state index contributed by atoms with van der Waals surface area (Å²) < 4.78 is 43.2. The summed E-state index contributed by atoms with van der Waals surface area (Å²) in [4.78, 5) is 11.5. The summed E-state index contributed by atoms with van der Waals surface area (Å²) >= 11 is 0. The number of ether oxygens (including phenoxy) is 1. The molecule has 0 spiro atoms. The van der Waals surface area contributed by atoms with Crippen LogP contribution in [0.25, 0.3) is 0 Å². The maximum atomic E-state index is 12.2. The molecular weight excluding hydrogens is 377 g/mol. The first-order chi connectivity index (χ1) is 12.4. The molecule has 2 rings (SSSR count). The highest BCUT2D eigenvalue weighted by atomic mass is 28.3. The fourth-order valence-electron chi connectivity index (χ4n) is 2.59. The van der Waals surface area contributed by atoms with Gasteiger partial charge in [0.25, 0.3) is 0 Å². The third-order valence-electron chi connectivity index (χ3n) is 3.64. The summed E-state index contributed by atoms with van der Waals surface area (Å²) in [6.07, 6.45) is -1.80. The van der Waals surface area contributed by atoms with Crippen molar-refractivity contribution in [1.29, 1.82) is 0 Å². The molecule has 1 atom stereocenters. The van der Waals surface area contributed by atoms with Gasteiger partial charge in [-0.3, -0.25) is 9.48 Å². The minimum absolute atomic E-state index is 0.0222. The van der Waals surface area contributed by atoms with E-state index in [0.717, 1.165) is 6.17 Å². The number of primary amides is 1. The second kappa shape index (κ2) is 8.11. The van der Waals surface area contributed by atoms with E-state index in [4.69, 9.17) is 10.5 Å². The molecule has 0 bridgehead atoms. The van der Waals surface area contributed by atoms with Crippen LogP contribution in [0.3, 0.4) is 0 Å². The van der Waals surface area contributed by atoms with E-state index in [2.05, 4.69) is 30.0 Å². The van der Waals surface area contributed by atoms with E-state index >= 15 is 0 Å². The number of carbonyl (C=O) groups excluding carboxylic acids is 1. The Morgan fingerprint density at radius 1 is 1.26 bits per heavy atom. The lowest BCUT2D eigenvalue weighted by Crippen LogP contribution is -2.28. The number of alkyl halides is 3. The Balaban J connectivity index is 2.20. The van der Waals surface area contributed by atoms with E-state index in [-0.39, 0.29) is 12.2 Å². The molecule has 1 aromatic heterocycles. The third kappa shape index (κ3) is 7.04. The SMILES string of the molecule is C[Si](C)(C)Cn1cc([C@@H](CC(N)=O)c2ccc(OCC(F)(F)F)cc2)nn1. The molecule has 0 unspecified atom stereocenters. The molecule has 0 aliphatic heterocycles. The molecule has 27 heavy (non-hydrogen) atoms. The van der Waals surface area contributed by atoms with Crippen molar-refractivity contribution in [2.24, 2.45) is 5.73 Å². The van der Waals surface area contributed by atoms with Crippen molar-refractivity contribution in [3.8, 4) is 5.75 Å². The van der Waals surface area contributed by atoms with Crippen molar-refractivity contribution in [3.63, 3.8) is 0 Å². The molecule has 0 fully saturated rings. The van der Waals surface area contributed by atoms with Crippen LogP contribution in [0.2, 0.25) is 19.6 Å². The first kappa shape index (κ1) is 20.9. The quantitative estimate of drug-likeness (QED) is 0.690. The Kier molecular flexibility index (Phi) is 6.29. The van der Waals surface area contributed by atoms with Crippen LogP contribution in [0.1, 0.15) is 23.6 Å². The Labute approximate surface area is 156 Å². The smallest absolute Gasteiger partial charge is 0.422 e. The lowest BCUT2D eigenvalue weighted by atomic mass is 9.92. The molecule has 2 aromatic rings. The number of carbonyl (C=O) groups is 1. The van der Waals surface area contributed by atoms with Crippen molar-refractivity contribution in [2.45, 2.75) is 44.3 Å². The number of hydrogen-bond donors (Lipinski definition) is 1. The van der Waals surface area contributed by atoms with Crippen LogP contribution in [-0.2, 0) is 11.0 Å². The molecule has 2 N–H and O–H groups in total. The normalized spacial score (nSPS) is 13.4. The molecule has 10 heteroatoms. The molecule has 0 aliphatic carbocycles. The van der Waals surface area contributed by atoms with E-state index in [1.807, 2.05) is 0 Å². The Bertz CT molecular complexity index is 770. The topological polar surface area (TPSA) is 83.0 Å². The molecule has 148 valence electrons. The van der Waals surface area contributed by atoms with Gasteiger partial charge in [-0.25, -0.2) is 0 Å². The van der Waals surface area contributed by atoms with Gasteiger partial charge < -0.3 is 10.5 Å². The predicted molar refractivity (Wildman–Crippen MR) is 97.0 cm³/mol. The third-order valence-corrected chi connectivity index (χ3v) is 4.91. The number of nitrogens with two attached hydrogens (primary N) is 1. The molecule has 0 saturated carbocycles. The van der Waals surface area contributed by atoms with Crippen LogP contribution in [0.15, 0.2) is 30.5 Å². The molecule has 1 heterocycles. The highest BCUT2D eigenvalue weighted by Crippen LogP contribution is 2.28. The van der Waals surface area contributed by atoms with E-state index in [9.17, 15) is 18.0 Å². The number of rotatable bonds is 8. The van der Waals surface area contributed by atoms with Gasteiger partial charge in [0.15, 0.2) is 6.61 Å². The summed E-state index contributed by atoms with van der Waals surface area (Å²) in [5, 5.41) is 8.30. The van der Waals surface area contributed by atoms with Crippen molar-refractivity contribution in [2.75, 3.05) is 6.61 Å². The highest BCUT2D eigenvalue weighted by Gasteiger charge is 2.28. The van der Waals surface area contributed by atoms with Gasteiger partial charge in [-0.1, -0.05) is 37.0 Å². The summed E-state index contributed by atoms with van der Waals surface area (Å²) in [5.41, 5.74) is 6.66. The Hall–Kier alpha value is -2.36. The summed E-state index contributed by atoms with van der Waals surface area (Å²) in [6, 6.07) is 6.08. The molecular formula is C17H23F3N4O2Si. The first-order valence-electron chi connectivity index (χ1n) is 8.41. The first-order valence-corrected chi connectivity index (χ1v) is 12.1. The van der Waals surface area contributed by atoms with E-state index in [0.29, 0.717) is 11.3 Å². The number of halogens is 3. The molecule has 1 amide bonds. The fourth-order valence-corrected chi connectivity index (χ4v) is 3.72. The Morgan fingerprint density at radius 2 is 1.89 bits per heavy atom. The van der Waals surface area contributed by atoms with Gasteiger partial charge >= 0.3 is 6.18 Å². The zero-order valence-corrected chi connectivity index (χ0v) is 16.5. The highest BCUT2D eigenvalue weighted by molar-refractivity contribution is 6.74. The van der Waals surface area contributed by atoms with Gasteiger partial charge in [0, 0.05) is 24.7 Å². The Morgan fingerprint density at radius 3 is 2.41 bits per heavy atom. The summed E-state index contributed by atoms with van der Waals surface area (Å²) in [7, 11) is -1.40. The number of amides is 1. The van der Waals surface area contributed by atoms with Gasteiger partial charge in [-0.05, 0) is 17.7 Å². The number of aromatic nitrogens is 3. The van der Waals surface area contributed by atoms with Gasteiger partial charge in [0.05, 0.1) is 13.8 Å². The van der Waals surface area contributed by atoms with Gasteiger partial charge in [0.1, 0.15) is 5.75 Å². The van der Waals surface area contributed by atoms with E-state index in [1.54, 1.807) is 23.0 Å². The largest absolute Gasteiger partial charge is 0.484 e. The monoisotopic (exact) mass is 400 g/mol. The van der Waals surface area contributed by atoms with Crippen molar-refractivity contribution in [3.05, 3.63) is 41.7 Å². The average Bonchev–Trinajstić information content (AvgIpc) is 2.96. The molecule has 0 saturated heterocycles. The van der Waals surface area contributed by atoms with E-state index in [1.165, 1.54) is 12.1 Å². The maximum absolute atomic E-state index is 12.2. The van der Waals surface area contributed by atoms with Gasteiger partial charge in [0.2, 0.25) is 5.91 Å². The minimum atomic E-state index is -4.40. The van der Waals surface area contributed by atoms with Crippen molar-refractivity contribution >= 4 is 14.0 Å². The van der Waals surface area contributed by atoms with Crippen LogP contribution >= 0.6 is 0 Å². The maximum Gasteiger partial charge on any atom is 0.422 e. The van der Waals surface area contributed by atoms with Gasteiger partial charge in [-0.2, -0.15) is 13.2 Å². The standard InChI is InChI=1S/C17H23F3N4O2Si/c1-27(2,3)11-24-9-15(22-23-24)14(8-16(21)25)12-4-6-13(7-5-12)26-10-17(18,19)20/h4-7,9,14H,8,10-11H2,1-3H3,(H2,21,25)/t14-/m0/s1. The van der Waals surface area contributed by atoms with Crippen LogP contribution in [-0.4, -0.2) is 41.8 Å². The van der Waals surface area contributed by atoms with Crippen LogP contribution in [0.4, 0.5) is 13.2 Å². The molecule has 1 aromatic carbocycles. The van der Waals surface area contributed by atoms with E-state index < -0.39 is 32.7 Å². The summed E-state index contributed by atoms with van der Waals surface area (Å²) in [6.45, 7) is 5.25. The number of nitrogens with zero attached hydrogens (tertiary/aromatic N) is 3. The number of hydrogen-bond acceptors (Lipinski definition) is 4. The second-order valence-corrected chi connectivity index (χ2v) is 13.0. The van der Waals surface area contributed by atoms with Crippen LogP contribution in [0, 0.1) is 0 Å². The predicted octanol–water partition coefficient (Wildman–Crippen LogP) is 3.10. The van der Waals surface area contributed by atoms with Crippen LogP contribution in [0.5, 0.6) is 5.75 Å². The number of benzene rings is 1. The van der Waals surface area contributed by atoms with Crippen molar-refractivity contribution in [1.82, 2.24) is 15.0 Å². The average molecular weight is 400 g/mol. The zero-order chi connectivity index (χ0) is 20.2. The zero-order valence-electron chi connectivity index (χ0n) is 15.5. The lowest BCUT2D eigenvalue weighted by molar-refractivity contribution is -0.153. The second-order valence-electron chi connectivity index (χ2n) is 7.60. The van der Waals surface area contributed by atoms with Crippen molar-refractivity contribution < 1.29 is 22.7 Å². The fraction of sp³-hybridized carbons (Fsp3) is 0.471.